The molecule has 0 unspecified atom stereocenters. The topological polar surface area (TPSA) is 97.6 Å². The quantitative estimate of drug-likeness (QED) is 0.858. The first-order valence-corrected chi connectivity index (χ1v) is 9.21. The molecule has 1 aliphatic carbocycles. The Morgan fingerprint density at radius 3 is 2.60 bits per heavy atom. The van der Waals surface area contributed by atoms with Gasteiger partial charge in [0.05, 0.1) is 6.54 Å². The average Bonchev–Trinajstić information content (AvgIpc) is 3.15. The van der Waals surface area contributed by atoms with Crippen LogP contribution in [0.1, 0.15) is 56.3 Å². The van der Waals surface area contributed by atoms with Gasteiger partial charge in [-0.05, 0) is 38.5 Å². The van der Waals surface area contributed by atoms with E-state index in [9.17, 15) is 9.59 Å². The van der Waals surface area contributed by atoms with Crippen LogP contribution in [0.3, 0.4) is 0 Å². The lowest BCUT2D eigenvalue weighted by Gasteiger charge is -2.31. The summed E-state index contributed by atoms with van der Waals surface area (Å²) in [5.41, 5.74) is 0. The fourth-order valence-electron chi connectivity index (χ4n) is 3.50. The maximum absolute atomic E-state index is 12.3. The lowest BCUT2D eigenvalue weighted by Crippen LogP contribution is -2.43. The van der Waals surface area contributed by atoms with Gasteiger partial charge in [-0.1, -0.05) is 5.16 Å². The van der Waals surface area contributed by atoms with Gasteiger partial charge < -0.3 is 19.5 Å². The van der Waals surface area contributed by atoms with E-state index in [1.165, 1.54) is 0 Å². The molecule has 1 atom stereocenters. The fourth-order valence-corrected chi connectivity index (χ4v) is 3.50. The molecule has 2 amide bonds. The summed E-state index contributed by atoms with van der Waals surface area (Å²) in [7, 11) is 0. The minimum absolute atomic E-state index is 0.00184. The van der Waals surface area contributed by atoms with Crippen LogP contribution in [0.2, 0.25) is 0 Å². The van der Waals surface area contributed by atoms with Crippen molar-refractivity contribution >= 4 is 11.8 Å². The van der Waals surface area contributed by atoms with E-state index in [0.717, 1.165) is 45.1 Å². The third-order valence-corrected chi connectivity index (χ3v) is 5.21. The predicted octanol–water partition coefficient (Wildman–Crippen LogP) is 1.19. The first kappa shape index (κ1) is 16.5. The van der Waals surface area contributed by atoms with Crippen LogP contribution in [-0.4, -0.2) is 46.6 Å². The van der Waals surface area contributed by atoms with E-state index in [1.54, 1.807) is 0 Å². The molecule has 0 aromatic carbocycles. The molecule has 0 spiro atoms. The minimum Gasteiger partial charge on any atom is -0.368 e. The van der Waals surface area contributed by atoms with Crippen molar-refractivity contribution in [2.75, 3.05) is 19.7 Å². The summed E-state index contributed by atoms with van der Waals surface area (Å²) >= 11 is 0. The number of aromatic nitrogens is 2. The average molecular weight is 348 g/mol. The largest absolute Gasteiger partial charge is 0.368 e. The monoisotopic (exact) mass is 348 g/mol. The molecule has 136 valence electrons. The molecule has 25 heavy (non-hydrogen) atoms. The van der Waals surface area contributed by atoms with E-state index in [4.69, 9.17) is 9.26 Å². The van der Waals surface area contributed by atoms with Crippen LogP contribution in [0.15, 0.2) is 4.52 Å². The second-order valence-electron chi connectivity index (χ2n) is 7.14. The van der Waals surface area contributed by atoms with E-state index in [-0.39, 0.29) is 36.3 Å². The van der Waals surface area contributed by atoms with E-state index in [2.05, 4.69) is 15.5 Å². The van der Waals surface area contributed by atoms with Crippen molar-refractivity contribution < 1.29 is 18.8 Å². The highest BCUT2D eigenvalue weighted by molar-refractivity contribution is 5.82. The Kier molecular flexibility index (Phi) is 4.70. The number of amides is 2. The molecule has 4 rings (SSSR count). The Balaban J connectivity index is 1.22. The molecule has 1 N–H and O–H groups in total. The number of nitrogens with one attached hydrogen (secondary N) is 1. The van der Waals surface area contributed by atoms with E-state index in [0.29, 0.717) is 24.8 Å². The van der Waals surface area contributed by atoms with Crippen molar-refractivity contribution in [1.29, 1.82) is 0 Å². The van der Waals surface area contributed by atoms with Gasteiger partial charge in [0, 0.05) is 31.5 Å². The number of rotatable bonds is 5. The van der Waals surface area contributed by atoms with Gasteiger partial charge in [-0.3, -0.25) is 9.59 Å². The van der Waals surface area contributed by atoms with E-state index >= 15 is 0 Å². The second kappa shape index (κ2) is 7.11. The van der Waals surface area contributed by atoms with Crippen molar-refractivity contribution in [3.05, 3.63) is 11.7 Å². The summed E-state index contributed by atoms with van der Waals surface area (Å²) in [6.45, 7) is 2.34. The summed E-state index contributed by atoms with van der Waals surface area (Å²) in [5.74, 6) is 1.44. The molecule has 8 nitrogen and oxygen atoms in total. The number of carbonyl (C=O) groups is 2. The molecule has 3 aliphatic rings. The lowest BCUT2D eigenvalue weighted by atomic mass is 9.95. The molecule has 3 fully saturated rings. The molecule has 0 radical (unpaired) electrons. The molecule has 3 heterocycles. The van der Waals surface area contributed by atoms with Crippen molar-refractivity contribution in [2.24, 2.45) is 11.8 Å². The van der Waals surface area contributed by atoms with Gasteiger partial charge in [0.1, 0.15) is 6.10 Å². The fraction of sp³-hybridized carbons (Fsp3) is 0.765. The van der Waals surface area contributed by atoms with E-state index < -0.39 is 0 Å². The molecule has 2 saturated heterocycles. The molecule has 2 aliphatic heterocycles. The molecule has 0 bridgehead atoms. The third-order valence-electron chi connectivity index (χ3n) is 5.21. The van der Waals surface area contributed by atoms with Crippen LogP contribution < -0.4 is 5.32 Å². The second-order valence-corrected chi connectivity index (χ2v) is 7.14. The summed E-state index contributed by atoms with van der Waals surface area (Å²) in [5, 5.41) is 6.79. The SMILES string of the molecule is O=C(NCc1noc([C@@H]2CCCO2)n1)C1CCN(C(=O)C2CC2)CC1. The Labute approximate surface area is 146 Å². The molecular weight excluding hydrogens is 324 g/mol. The van der Waals surface area contributed by atoms with Gasteiger partial charge in [0.2, 0.25) is 11.8 Å². The van der Waals surface area contributed by atoms with Crippen LogP contribution >= 0.6 is 0 Å². The van der Waals surface area contributed by atoms with Gasteiger partial charge in [-0.15, -0.1) is 0 Å². The highest BCUT2D eigenvalue weighted by atomic mass is 16.5. The first-order valence-electron chi connectivity index (χ1n) is 9.21. The molecule has 1 aromatic rings. The maximum atomic E-state index is 12.3. The Morgan fingerprint density at radius 2 is 1.92 bits per heavy atom. The first-order chi connectivity index (χ1) is 12.2. The highest BCUT2D eigenvalue weighted by Crippen LogP contribution is 2.32. The van der Waals surface area contributed by atoms with Crippen molar-refractivity contribution in [2.45, 2.75) is 51.2 Å². The zero-order chi connectivity index (χ0) is 17.2. The number of hydrogen-bond donors (Lipinski definition) is 1. The Hall–Kier alpha value is -1.96. The number of nitrogens with zero attached hydrogens (tertiary/aromatic N) is 3. The summed E-state index contributed by atoms with van der Waals surface area (Å²) < 4.78 is 10.7. The van der Waals surface area contributed by atoms with Gasteiger partial charge in [0.15, 0.2) is 5.82 Å². The maximum Gasteiger partial charge on any atom is 0.255 e. The Morgan fingerprint density at radius 1 is 1.12 bits per heavy atom. The summed E-state index contributed by atoms with van der Waals surface area (Å²) in [6, 6.07) is 0. The van der Waals surface area contributed by atoms with Gasteiger partial charge in [-0.2, -0.15) is 4.98 Å². The van der Waals surface area contributed by atoms with Crippen molar-refractivity contribution in [3.63, 3.8) is 0 Å². The summed E-state index contributed by atoms with van der Waals surface area (Å²) in [6.07, 6.45) is 5.28. The standard InChI is InChI=1S/C17H24N4O4/c22-15(11-5-7-21(8-6-11)17(23)12-3-4-12)18-10-14-19-16(25-20-14)13-2-1-9-24-13/h11-13H,1-10H2,(H,18,22)/t13-/m0/s1. The molecule has 1 saturated carbocycles. The normalized spacial score (nSPS) is 24.5. The van der Waals surface area contributed by atoms with Crippen LogP contribution in [-0.2, 0) is 20.9 Å². The Bertz CT molecular complexity index is 628. The van der Waals surface area contributed by atoms with Crippen LogP contribution in [0, 0.1) is 11.8 Å². The molecular formula is C17H24N4O4. The zero-order valence-corrected chi connectivity index (χ0v) is 14.3. The lowest BCUT2D eigenvalue weighted by molar-refractivity contribution is -0.136. The van der Waals surface area contributed by atoms with Gasteiger partial charge in [-0.25, -0.2) is 0 Å². The highest BCUT2D eigenvalue weighted by Gasteiger charge is 2.36. The minimum atomic E-state index is -0.106. The van der Waals surface area contributed by atoms with E-state index in [1.807, 2.05) is 4.90 Å². The zero-order valence-electron chi connectivity index (χ0n) is 14.3. The third kappa shape index (κ3) is 3.84. The number of ether oxygens (including phenoxy) is 1. The van der Waals surface area contributed by atoms with Crippen LogP contribution in [0.4, 0.5) is 0 Å². The van der Waals surface area contributed by atoms with Crippen LogP contribution in [0.5, 0.6) is 0 Å². The summed E-state index contributed by atoms with van der Waals surface area (Å²) in [4.78, 5) is 30.6. The molecule has 8 heteroatoms. The molecule has 1 aromatic heterocycles. The smallest absolute Gasteiger partial charge is 0.255 e. The van der Waals surface area contributed by atoms with Crippen molar-refractivity contribution in [1.82, 2.24) is 20.4 Å². The number of piperidine rings is 1. The van der Waals surface area contributed by atoms with Gasteiger partial charge >= 0.3 is 0 Å². The van der Waals surface area contributed by atoms with Crippen LogP contribution in [0.25, 0.3) is 0 Å². The van der Waals surface area contributed by atoms with Crippen molar-refractivity contribution in [3.8, 4) is 0 Å². The number of likely N-dealkylation sites (tertiary alicyclic amines) is 1. The number of carbonyl (C=O) groups excluding carboxylic acids is 2. The number of hydrogen-bond acceptors (Lipinski definition) is 6. The predicted molar refractivity (Wildman–Crippen MR) is 86.1 cm³/mol. The van der Waals surface area contributed by atoms with Gasteiger partial charge in [0.25, 0.3) is 5.89 Å².